The molecule has 0 spiro atoms. The van der Waals surface area contributed by atoms with E-state index in [2.05, 4.69) is 4.72 Å². The van der Waals surface area contributed by atoms with Gasteiger partial charge in [-0.1, -0.05) is 0 Å². The van der Waals surface area contributed by atoms with E-state index >= 15 is 0 Å². The summed E-state index contributed by atoms with van der Waals surface area (Å²) in [6.07, 6.45) is 0.286. The molecule has 8 heteroatoms. The Hall–Kier alpha value is -2.32. The third kappa shape index (κ3) is 3.47. The topological polar surface area (TPSA) is 66.5 Å². The smallest absolute Gasteiger partial charge is 0.245 e. The minimum atomic E-state index is -3.96. The highest BCUT2D eigenvalue weighted by Crippen LogP contribution is 2.25. The number of rotatable bonds is 4. The van der Waals surface area contributed by atoms with Gasteiger partial charge in [0, 0.05) is 12.2 Å². The molecular weight excluding hydrogens is 362 g/mol. The van der Waals surface area contributed by atoms with E-state index in [0.29, 0.717) is 17.8 Å². The molecule has 1 aliphatic heterocycles. The molecule has 2 aromatic carbocycles. The van der Waals surface area contributed by atoms with Crippen LogP contribution in [0.3, 0.4) is 0 Å². The van der Waals surface area contributed by atoms with E-state index < -0.39 is 27.8 Å². The minimum absolute atomic E-state index is 0.0970. The molecule has 0 bridgehead atoms. The van der Waals surface area contributed by atoms with Gasteiger partial charge in [0.15, 0.2) is 0 Å². The van der Waals surface area contributed by atoms with Gasteiger partial charge < -0.3 is 4.90 Å². The molecule has 0 saturated carbocycles. The third-order valence-corrected chi connectivity index (χ3v) is 5.87. The first-order valence-electron chi connectivity index (χ1n) is 8.05. The Morgan fingerprint density at radius 1 is 1.04 bits per heavy atom. The first-order valence-corrected chi connectivity index (χ1v) is 9.53. The van der Waals surface area contributed by atoms with E-state index in [1.165, 1.54) is 30.0 Å². The van der Waals surface area contributed by atoms with Gasteiger partial charge in [-0.2, -0.15) is 4.72 Å². The molecule has 5 nitrogen and oxygen atoms in total. The fourth-order valence-corrected chi connectivity index (χ4v) is 4.19. The number of carbonyl (C=O) groups excluding carboxylic acids is 1. The number of benzene rings is 2. The highest BCUT2D eigenvalue weighted by molar-refractivity contribution is 7.89. The van der Waals surface area contributed by atoms with Crippen molar-refractivity contribution >= 4 is 21.6 Å². The number of carbonyl (C=O) groups is 1. The monoisotopic (exact) mass is 380 g/mol. The summed E-state index contributed by atoms with van der Waals surface area (Å²) in [5, 5.41) is 0. The van der Waals surface area contributed by atoms with Gasteiger partial charge in [0.2, 0.25) is 15.9 Å². The number of amides is 1. The Morgan fingerprint density at radius 3 is 2.27 bits per heavy atom. The van der Waals surface area contributed by atoms with Gasteiger partial charge in [0.25, 0.3) is 0 Å². The number of nitrogens with one attached hydrogen (secondary N) is 1. The van der Waals surface area contributed by atoms with Crippen molar-refractivity contribution in [2.45, 2.75) is 31.2 Å². The van der Waals surface area contributed by atoms with Crippen LogP contribution < -0.4 is 9.62 Å². The van der Waals surface area contributed by atoms with Crippen LogP contribution in [-0.4, -0.2) is 26.9 Å². The number of aryl methyl sites for hydroxylation is 2. The molecule has 138 valence electrons. The SMILES string of the molecule is Cc1cc(N2CC[C@H](NS(=O)(=O)c3ccc(F)c(C)c3)C2=O)ccc1F. The van der Waals surface area contributed by atoms with Crippen molar-refractivity contribution in [1.29, 1.82) is 0 Å². The summed E-state index contributed by atoms with van der Waals surface area (Å²) < 4.78 is 54.1. The van der Waals surface area contributed by atoms with E-state index in [1.54, 1.807) is 13.0 Å². The first-order chi connectivity index (χ1) is 12.2. The zero-order chi connectivity index (χ0) is 19.1. The van der Waals surface area contributed by atoms with Crippen molar-refractivity contribution in [3.05, 3.63) is 59.2 Å². The highest BCUT2D eigenvalue weighted by Gasteiger charge is 2.35. The molecule has 0 aromatic heterocycles. The highest BCUT2D eigenvalue weighted by atomic mass is 32.2. The molecule has 1 atom stereocenters. The quantitative estimate of drug-likeness (QED) is 0.887. The van der Waals surface area contributed by atoms with E-state index in [1.807, 2.05) is 0 Å². The van der Waals surface area contributed by atoms with Crippen LogP contribution >= 0.6 is 0 Å². The summed E-state index contributed by atoms with van der Waals surface area (Å²) >= 11 is 0. The number of hydrogen-bond acceptors (Lipinski definition) is 3. The van der Waals surface area contributed by atoms with Crippen LogP contribution in [-0.2, 0) is 14.8 Å². The van der Waals surface area contributed by atoms with Gasteiger partial charge >= 0.3 is 0 Å². The van der Waals surface area contributed by atoms with Crippen molar-refractivity contribution in [3.8, 4) is 0 Å². The zero-order valence-electron chi connectivity index (χ0n) is 14.3. The van der Waals surface area contributed by atoms with Crippen LogP contribution in [0, 0.1) is 25.5 Å². The predicted molar refractivity (Wildman–Crippen MR) is 93.4 cm³/mol. The molecule has 2 aromatic rings. The summed E-state index contributed by atoms with van der Waals surface area (Å²) in [6, 6.07) is 6.85. The average molecular weight is 380 g/mol. The van der Waals surface area contributed by atoms with Crippen LogP contribution in [0.4, 0.5) is 14.5 Å². The number of sulfonamides is 1. The Balaban J connectivity index is 1.79. The summed E-state index contributed by atoms with van der Waals surface area (Å²) in [5.41, 5.74) is 1.13. The lowest BCUT2D eigenvalue weighted by atomic mass is 10.2. The molecule has 1 heterocycles. The predicted octanol–water partition coefficient (Wildman–Crippen LogP) is 2.67. The largest absolute Gasteiger partial charge is 0.311 e. The van der Waals surface area contributed by atoms with Gasteiger partial charge in [-0.05, 0) is 67.8 Å². The molecule has 0 unspecified atom stereocenters. The van der Waals surface area contributed by atoms with Gasteiger partial charge in [-0.15, -0.1) is 0 Å². The van der Waals surface area contributed by atoms with Crippen LogP contribution in [0.5, 0.6) is 0 Å². The number of anilines is 1. The molecule has 1 aliphatic rings. The number of nitrogens with zero attached hydrogens (tertiary/aromatic N) is 1. The molecule has 1 amide bonds. The lowest BCUT2D eigenvalue weighted by Gasteiger charge is -2.18. The molecule has 1 saturated heterocycles. The maximum Gasteiger partial charge on any atom is 0.245 e. The molecule has 1 fully saturated rings. The molecule has 26 heavy (non-hydrogen) atoms. The van der Waals surface area contributed by atoms with E-state index in [4.69, 9.17) is 0 Å². The number of hydrogen-bond donors (Lipinski definition) is 1. The van der Waals surface area contributed by atoms with Gasteiger partial charge in [-0.3, -0.25) is 4.79 Å². The summed E-state index contributed by atoms with van der Waals surface area (Å²) in [5.74, 6) is -1.28. The van der Waals surface area contributed by atoms with Crippen molar-refractivity contribution in [2.24, 2.45) is 0 Å². The van der Waals surface area contributed by atoms with Crippen molar-refractivity contribution in [3.63, 3.8) is 0 Å². The molecule has 1 N–H and O–H groups in total. The lowest BCUT2D eigenvalue weighted by Crippen LogP contribution is -2.41. The van der Waals surface area contributed by atoms with Crippen molar-refractivity contribution < 1.29 is 22.0 Å². The second-order valence-corrected chi connectivity index (χ2v) is 8.01. The lowest BCUT2D eigenvalue weighted by molar-refractivity contribution is -0.118. The van der Waals surface area contributed by atoms with Gasteiger partial charge in [0.1, 0.15) is 17.7 Å². The fraction of sp³-hybridized carbons (Fsp3) is 0.278. The van der Waals surface area contributed by atoms with Crippen LogP contribution in [0.2, 0.25) is 0 Å². The van der Waals surface area contributed by atoms with Crippen molar-refractivity contribution in [2.75, 3.05) is 11.4 Å². The maximum absolute atomic E-state index is 13.4. The maximum atomic E-state index is 13.4. The summed E-state index contributed by atoms with van der Waals surface area (Å²) in [6.45, 7) is 3.38. The second kappa shape index (κ2) is 6.77. The van der Waals surface area contributed by atoms with E-state index in [-0.39, 0.29) is 22.7 Å². The molecule has 0 aliphatic carbocycles. The van der Waals surface area contributed by atoms with Gasteiger partial charge in [0.05, 0.1) is 4.90 Å². The van der Waals surface area contributed by atoms with E-state index in [9.17, 15) is 22.0 Å². The Labute approximate surface area is 150 Å². The minimum Gasteiger partial charge on any atom is -0.311 e. The molecule has 0 radical (unpaired) electrons. The molecular formula is C18H18F2N2O3S. The van der Waals surface area contributed by atoms with Crippen molar-refractivity contribution in [1.82, 2.24) is 4.72 Å². The average Bonchev–Trinajstić information content (AvgIpc) is 2.93. The normalized spacial score (nSPS) is 17.8. The zero-order valence-corrected chi connectivity index (χ0v) is 15.1. The fourth-order valence-electron chi connectivity index (χ4n) is 2.88. The Kier molecular flexibility index (Phi) is 4.81. The molecule has 3 rings (SSSR count). The second-order valence-electron chi connectivity index (χ2n) is 6.30. The van der Waals surface area contributed by atoms with Crippen LogP contribution in [0.1, 0.15) is 17.5 Å². The Bertz CT molecular complexity index is 976. The first kappa shape index (κ1) is 18.5. The Morgan fingerprint density at radius 2 is 1.65 bits per heavy atom. The number of halogens is 2. The van der Waals surface area contributed by atoms with Gasteiger partial charge in [-0.25, -0.2) is 17.2 Å². The van der Waals surface area contributed by atoms with E-state index in [0.717, 1.165) is 12.1 Å². The van der Waals surface area contributed by atoms with Crippen LogP contribution in [0.25, 0.3) is 0 Å². The van der Waals surface area contributed by atoms with Crippen LogP contribution in [0.15, 0.2) is 41.3 Å². The summed E-state index contributed by atoms with van der Waals surface area (Å²) in [4.78, 5) is 13.9. The third-order valence-electron chi connectivity index (χ3n) is 4.40. The summed E-state index contributed by atoms with van der Waals surface area (Å²) in [7, 11) is -3.96. The standard InChI is InChI=1S/C18H18F2N2O3S/c1-11-9-13(3-5-15(11)19)22-8-7-17(18(22)23)21-26(24,25)14-4-6-16(20)12(2)10-14/h3-6,9-10,17,21H,7-8H2,1-2H3/t17-/m0/s1.